The molecule has 90 valence electrons. The number of isothiocyanates is 1. The van der Waals surface area contributed by atoms with Crippen LogP contribution in [-0.4, -0.2) is 29.1 Å². The van der Waals surface area contributed by atoms with E-state index >= 15 is 0 Å². The normalized spacial score (nSPS) is 10.9. The average molecular weight is 268 g/mol. The maximum absolute atomic E-state index is 5.82. The van der Waals surface area contributed by atoms with E-state index in [1.54, 1.807) is 12.1 Å². The number of guanidine groups is 1. The number of nitrogens with zero attached hydrogens (tertiary/aromatic N) is 3. The monoisotopic (exact) mass is 267 g/mol. The Morgan fingerprint density at radius 3 is 2.35 bits per heavy atom. The molecule has 0 aromatic heterocycles. The number of benzene rings is 1. The minimum Gasteiger partial charge on any atom is -0.341 e. The van der Waals surface area contributed by atoms with Crippen LogP contribution in [0.2, 0.25) is 5.02 Å². The van der Waals surface area contributed by atoms with Gasteiger partial charge in [-0.15, -0.1) is 0 Å². The minimum atomic E-state index is 0.576. The van der Waals surface area contributed by atoms with Crippen LogP contribution in [0, 0.1) is 0 Å². The van der Waals surface area contributed by atoms with E-state index in [1.165, 1.54) is 0 Å². The standard InChI is InChI=1S/C12H14ClN3S/c1-3-16(4-2)12(14-9-17)15-11-7-5-10(13)6-8-11/h5-8H,3-4H2,1-2H3. The van der Waals surface area contributed by atoms with E-state index in [2.05, 4.69) is 27.4 Å². The Kier molecular flexibility index (Phi) is 5.84. The predicted molar refractivity (Wildman–Crippen MR) is 76.5 cm³/mol. The van der Waals surface area contributed by atoms with Crippen molar-refractivity contribution in [2.45, 2.75) is 13.8 Å². The van der Waals surface area contributed by atoms with Crippen LogP contribution in [0.25, 0.3) is 0 Å². The third-order valence-electron chi connectivity index (χ3n) is 2.25. The highest BCUT2D eigenvalue weighted by molar-refractivity contribution is 7.78. The van der Waals surface area contributed by atoms with Gasteiger partial charge in [0.2, 0.25) is 5.96 Å². The van der Waals surface area contributed by atoms with Gasteiger partial charge in [0.25, 0.3) is 0 Å². The summed E-state index contributed by atoms with van der Waals surface area (Å²) in [7, 11) is 0. The van der Waals surface area contributed by atoms with Crippen LogP contribution in [0.5, 0.6) is 0 Å². The summed E-state index contributed by atoms with van der Waals surface area (Å²) in [5, 5.41) is 3.05. The van der Waals surface area contributed by atoms with Crippen molar-refractivity contribution in [3.63, 3.8) is 0 Å². The van der Waals surface area contributed by atoms with E-state index in [9.17, 15) is 0 Å². The Balaban J connectivity index is 3.04. The highest BCUT2D eigenvalue weighted by Gasteiger charge is 2.05. The first-order valence-corrected chi connectivity index (χ1v) is 6.17. The van der Waals surface area contributed by atoms with Gasteiger partial charge < -0.3 is 4.90 Å². The maximum atomic E-state index is 5.82. The number of halogens is 1. The summed E-state index contributed by atoms with van der Waals surface area (Å²) in [4.78, 5) is 10.4. The molecule has 0 radical (unpaired) electrons. The molecule has 3 nitrogen and oxygen atoms in total. The number of hydrogen-bond donors (Lipinski definition) is 0. The van der Waals surface area contributed by atoms with E-state index in [4.69, 9.17) is 11.6 Å². The molecule has 0 fully saturated rings. The molecule has 0 aliphatic rings. The van der Waals surface area contributed by atoms with Gasteiger partial charge in [0.15, 0.2) is 0 Å². The molecule has 0 atom stereocenters. The van der Waals surface area contributed by atoms with Crippen LogP contribution < -0.4 is 0 Å². The molecule has 0 saturated heterocycles. The zero-order valence-corrected chi connectivity index (χ0v) is 11.4. The van der Waals surface area contributed by atoms with Crippen LogP contribution in [0.15, 0.2) is 34.3 Å². The van der Waals surface area contributed by atoms with Gasteiger partial charge in [-0.2, -0.15) is 4.99 Å². The zero-order valence-electron chi connectivity index (χ0n) is 9.85. The highest BCUT2D eigenvalue weighted by atomic mass is 35.5. The number of aliphatic imine (C=N–C) groups is 2. The zero-order chi connectivity index (χ0) is 12.7. The summed E-state index contributed by atoms with van der Waals surface area (Å²) in [6.45, 7) is 5.73. The van der Waals surface area contributed by atoms with Crippen LogP contribution in [0.3, 0.4) is 0 Å². The number of hydrogen-bond acceptors (Lipinski definition) is 2. The molecule has 0 unspecified atom stereocenters. The van der Waals surface area contributed by atoms with Crippen molar-refractivity contribution in [3.8, 4) is 0 Å². The molecule has 0 amide bonds. The SMILES string of the molecule is CCN(CC)C(N=C=S)=Nc1ccc(Cl)cc1. The Hall–Kier alpha value is -1.22. The van der Waals surface area contributed by atoms with Gasteiger partial charge in [0, 0.05) is 18.1 Å². The summed E-state index contributed by atoms with van der Waals surface area (Å²) in [6.07, 6.45) is 0. The summed E-state index contributed by atoms with van der Waals surface area (Å²) in [5.74, 6) is 0.576. The summed E-state index contributed by atoms with van der Waals surface area (Å²) >= 11 is 10.5. The van der Waals surface area contributed by atoms with Gasteiger partial charge in [0.05, 0.1) is 10.8 Å². The fraction of sp³-hybridized carbons (Fsp3) is 0.333. The summed E-state index contributed by atoms with van der Waals surface area (Å²) < 4.78 is 0. The van der Waals surface area contributed by atoms with E-state index in [-0.39, 0.29) is 0 Å². The van der Waals surface area contributed by atoms with Crippen LogP contribution in [-0.2, 0) is 0 Å². The molecular weight excluding hydrogens is 254 g/mol. The predicted octanol–water partition coefficient (Wildman–Crippen LogP) is 3.77. The van der Waals surface area contributed by atoms with Crippen molar-refractivity contribution in [3.05, 3.63) is 29.3 Å². The van der Waals surface area contributed by atoms with E-state index < -0.39 is 0 Å². The molecule has 0 heterocycles. The van der Waals surface area contributed by atoms with Gasteiger partial charge in [-0.25, -0.2) is 4.99 Å². The Labute approximate surface area is 112 Å². The third-order valence-corrected chi connectivity index (χ3v) is 2.59. The van der Waals surface area contributed by atoms with E-state index in [0.29, 0.717) is 11.0 Å². The van der Waals surface area contributed by atoms with E-state index in [0.717, 1.165) is 18.8 Å². The quantitative estimate of drug-likeness (QED) is 0.474. The molecule has 17 heavy (non-hydrogen) atoms. The second kappa shape index (κ2) is 7.17. The van der Waals surface area contributed by atoms with Crippen molar-refractivity contribution in [1.82, 2.24) is 4.90 Å². The van der Waals surface area contributed by atoms with Crippen molar-refractivity contribution in [2.75, 3.05) is 13.1 Å². The minimum absolute atomic E-state index is 0.576. The Morgan fingerprint density at radius 2 is 1.88 bits per heavy atom. The lowest BCUT2D eigenvalue weighted by atomic mass is 10.3. The first-order valence-electron chi connectivity index (χ1n) is 5.38. The second-order valence-corrected chi connectivity index (χ2v) is 3.88. The third kappa shape index (κ3) is 4.27. The summed E-state index contributed by atoms with van der Waals surface area (Å²) in [6, 6.07) is 7.26. The first kappa shape index (κ1) is 13.8. The van der Waals surface area contributed by atoms with Crippen LogP contribution >= 0.6 is 23.8 Å². The lowest BCUT2D eigenvalue weighted by molar-refractivity contribution is 0.461. The largest absolute Gasteiger partial charge is 0.341 e. The molecule has 0 aliphatic carbocycles. The molecule has 1 aromatic rings. The summed E-state index contributed by atoms with van der Waals surface area (Å²) in [5.41, 5.74) is 0.797. The van der Waals surface area contributed by atoms with E-state index in [1.807, 2.05) is 30.9 Å². The smallest absolute Gasteiger partial charge is 0.235 e. The fourth-order valence-electron chi connectivity index (χ4n) is 1.34. The van der Waals surface area contributed by atoms with Gasteiger partial charge in [-0.1, -0.05) is 11.6 Å². The van der Waals surface area contributed by atoms with Crippen molar-refractivity contribution in [1.29, 1.82) is 0 Å². The highest BCUT2D eigenvalue weighted by Crippen LogP contribution is 2.17. The van der Waals surface area contributed by atoms with Gasteiger partial charge in [-0.05, 0) is 50.3 Å². The topological polar surface area (TPSA) is 28.0 Å². The number of rotatable bonds is 3. The second-order valence-electron chi connectivity index (χ2n) is 3.26. The molecule has 0 saturated carbocycles. The maximum Gasteiger partial charge on any atom is 0.235 e. The number of thiocarbonyl (C=S) groups is 1. The molecule has 1 aromatic carbocycles. The van der Waals surface area contributed by atoms with Crippen molar-refractivity contribution in [2.24, 2.45) is 9.98 Å². The lowest BCUT2D eigenvalue weighted by Crippen LogP contribution is -2.28. The fourth-order valence-corrected chi connectivity index (χ4v) is 1.55. The molecule has 0 bridgehead atoms. The van der Waals surface area contributed by atoms with Crippen LogP contribution in [0.1, 0.15) is 13.8 Å². The lowest BCUT2D eigenvalue weighted by Gasteiger charge is -2.18. The van der Waals surface area contributed by atoms with Gasteiger partial charge >= 0.3 is 0 Å². The molecule has 1 rings (SSSR count). The Morgan fingerprint density at radius 1 is 1.29 bits per heavy atom. The first-order chi connectivity index (χ1) is 8.21. The van der Waals surface area contributed by atoms with Crippen molar-refractivity contribution >= 4 is 40.6 Å². The van der Waals surface area contributed by atoms with Crippen LogP contribution in [0.4, 0.5) is 5.69 Å². The molecule has 0 spiro atoms. The Bertz CT molecular complexity index is 432. The molecule has 0 N–H and O–H groups in total. The van der Waals surface area contributed by atoms with Crippen molar-refractivity contribution < 1.29 is 0 Å². The molecular formula is C12H14ClN3S. The van der Waals surface area contributed by atoms with Gasteiger partial charge in [0.1, 0.15) is 0 Å². The molecule has 0 aliphatic heterocycles. The van der Waals surface area contributed by atoms with Gasteiger partial charge in [-0.3, -0.25) is 0 Å². The average Bonchev–Trinajstić information content (AvgIpc) is 2.34. The molecule has 5 heteroatoms.